The van der Waals surface area contributed by atoms with Gasteiger partial charge in [-0.3, -0.25) is 0 Å². The van der Waals surface area contributed by atoms with E-state index in [1.807, 2.05) is 0 Å². The quantitative estimate of drug-likeness (QED) is 0.593. The number of carboxylic acid groups (broad SMARTS) is 1. The first kappa shape index (κ1) is 20.3. The molecule has 3 N–H and O–H groups in total. The molecule has 18 heavy (non-hydrogen) atoms. The van der Waals surface area contributed by atoms with Crippen LogP contribution in [-0.2, 0) is 0 Å². The van der Waals surface area contributed by atoms with Gasteiger partial charge in [0.05, 0.1) is 35.3 Å². The number of hydrogen-bond donors (Lipinski definition) is 2. The molecule has 0 amide bonds. The first-order chi connectivity index (χ1) is 7.99. The summed E-state index contributed by atoms with van der Waals surface area (Å²) in [6.07, 6.45) is 0. The fourth-order valence-corrected chi connectivity index (χ4v) is 1.38. The van der Waals surface area contributed by atoms with Crippen LogP contribution < -0.4 is 45.1 Å². The third-order valence-corrected chi connectivity index (χ3v) is 2.21. The van der Waals surface area contributed by atoms with Gasteiger partial charge in [-0.1, -0.05) is 23.2 Å². The van der Waals surface area contributed by atoms with E-state index in [0.717, 1.165) is 0 Å². The molecule has 0 radical (unpaired) electrons. The van der Waals surface area contributed by atoms with E-state index in [9.17, 15) is 9.90 Å². The molecule has 0 saturated carbocycles. The van der Waals surface area contributed by atoms with Crippen molar-refractivity contribution in [3.8, 4) is 5.75 Å². The van der Waals surface area contributed by atoms with Crippen LogP contribution in [0.4, 0.5) is 0 Å². The van der Waals surface area contributed by atoms with Crippen molar-refractivity contribution < 1.29 is 49.3 Å². The Hall–Kier alpha value is -0.0100. The number of ether oxygens (including phenoxy) is 1. The van der Waals surface area contributed by atoms with E-state index in [4.69, 9.17) is 38.8 Å². The minimum atomic E-state index is -1.41. The Morgan fingerprint density at radius 1 is 1.44 bits per heavy atom. The molecule has 0 fully saturated rings. The Bertz CT molecular complexity index is 388. The summed E-state index contributed by atoms with van der Waals surface area (Å²) in [7, 11) is 1.31. The molecule has 0 aliphatic rings. The molecule has 1 aromatic carbocycles. The number of benzene rings is 1. The van der Waals surface area contributed by atoms with Gasteiger partial charge in [0.25, 0.3) is 0 Å². The van der Waals surface area contributed by atoms with Crippen molar-refractivity contribution in [3.05, 3.63) is 27.7 Å². The molecule has 0 bridgehead atoms. The Morgan fingerprint density at radius 3 is 2.17 bits per heavy atom. The van der Waals surface area contributed by atoms with Crippen molar-refractivity contribution in [3.63, 3.8) is 0 Å². The number of rotatable bonds is 3. The Labute approximate surface area is 137 Å². The summed E-state index contributed by atoms with van der Waals surface area (Å²) < 4.78 is 4.78. The molecule has 0 aliphatic carbocycles. The second kappa shape index (κ2) is 10.9. The number of halogens is 2. The van der Waals surface area contributed by atoms with Crippen molar-refractivity contribution in [1.82, 2.24) is 0 Å². The third kappa shape index (κ3) is 6.24. The van der Waals surface area contributed by atoms with Gasteiger partial charge in [-0.05, 0) is 12.1 Å². The fraction of sp³-hybridized carbons (Fsp3) is 0.300. The van der Waals surface area contributed by atoms with Gasteiger partial charge >= 0.3 is 29.6 Å². The molecule has 96 valence electrons. The van der Waals surface area contributed by atoms with Crippen molar-refractivity contribution in [2.75, 3.05) is 20.3 Å². The number of nitrogens with two attached hydrogens (primary N) is 1. The summed E-state index contributed by atoms with van der Waals surface area (Å²) in [6.45, 7) is 0.472. The van der Waals surface area contributed by atoms with Crippen LogP contribution in [0.3, 0.4) is 0 Å². The van der Waals surface area contributed by atoms with Gasteiger partial charge in [-0.2, -0.15) is 0 Å². The maximum Gasteiger partial charge on any atom is 1.00 e. The fourth-order valence-electron chi connectivity index (χ4n) is 0.923. The average molecular weight is 304 g/mol. The van der Waals surface area contributed by atoms with E-state index in [1.54, 1.807) is 0 Å². The minimum Gasteiger partial charge on any atom is -0.545 e. The van der Waals surface area contributed by atoms with Crippen molar-refractivity contribution in [2.24, 2.45) is 5.73 Å². The number of aromatic carboxylic acids is 1. The Balaban J connectivity index is 0. The maximum absolute atomic E-state index is 10.6. The second-order valence-electron chi connectivity index (χ2n) is 2.74. The zero-order chi connectivity index (χ0) is 13.4. The largest absolute Gasteiger partial charge is 1.00 e. The minimum absolute atomic E-state index is 0. The molecule has 8 heteroatoms. The third-order valence-electron chi connectivity index (χ3n) is 1.60. The van der Waals surface area contributed by atoms with Crippen LogP contribution >= 0.6 is 23.2 Å². The van der Waals surface area contributed by atoms with Crippen LogP contribution in [0.2, 0.25) is 10.0 Å². The topological polar surface area (TPSA) is 95.6 Å². The van der Waals surface area contributed by atoms with Crippen LogP contribution in [0.25, 0.3) is 0 Å². The standard InChI is InChI=1S/C8H6Cl2O3.C2H7NO.Na/c1-13-7-5(10)3-2-4(9)6(7)8(11)12;3-1-2-4;/h2-3H,1H3,(H,11,12);4H,1-3H2;/q;;+1/p-1. The van der Waals surface area contributed by atoms with Crippen molar-refractivity contribution in [1.29, 1.82) is 0 Å². The molecule has 5 nitrogen and oxygen atoms in total. The van der Waals surface area contributed by atoms with Crippen LogP contribution in [-0.4, -0.2) is 31.3 Å². The van der Waals surface area contributed by atoms with Crippen molar-refractivity contribution in [2.45, 2.75) is 0 Å². The molecule has 0 spiro atoms. The van der Waals surface area contributed by atoms with Gasteiger partial charge in [0, 0.05) is 6.54 Å². The van der Waals surface area contributed by atoms with Gasteiger partial charge in [0.2, 0.25) is 0 Å². The monoisotopic (exact) mass is 303 g/mol. The summed E-state index contributed by atoms with van der Waals surface area (Å²) in [6, 6.07) is 2.83. The van der Waals surface area contributed by atoms with E-state index in [2.05, 4.69) is 0 Å². The van der Waals surface area contributed by atoms with Gasteiger partial charge < -0.3 is 25.5 Å². The van der Waals surface area contributed by atoms with E-state index >= 15 is 0 Å². The molecule has 0 aliphatic heterocycles. The summed E-state index contributed by atoms with van der Waals surface area (Å²) in [4.78, 5) is 10.6. The second-order valence-corrected chi connectivity index (χ2v) is 3.55. The zero-order valence-electron chi connectivity index (χ0n) is 10.1. The summed E-state index contributed by atoms with van der Waals surface area (Å²) >= 11 is 11.3. The predicted octanol–water partition coefficient (Wildman–Crippen LogP) is -2.69. The van der Waals surface area contributed by atoms with Crippen LogP contribution in [0, 0.1) is 0 Å². The molecule has 1 aromatic rings. The number of aliphatic hydroxyl groups is 1. The molecular formula is C10H12Cl2NNaO4. The maximum atomic E-state index is 10.6. The van der Waals surface area contributed by atoms with Gasteiger partial charge in [0.15, 0.2) is 0 Å². The van der Waals surface area contributed by atoms with Gasteiger partial charge in [-0.15, -0.1) is 0 Å². The number of hydrogen-bond acceptors (Lipinski definition) is 5. The SMILES string of the molecule is COc1c(Cl)ccc(Cl)c1C(=O)[O-].NCCO.[Na+]. The molecule has 0 heterocycles. The number of methoxy groups -OCH3 is 1. The summed E-state index contributed by atoms with van der Waals surface area (Å²) in [5.74, 6) is -1.39. The van der Waals surface area contributed by atoms with Crippen LogP contribution in [0.5, 0.6) is 5.75 Å². The van der Waals surface area contributed by atoms with Gasteiger partial charge in [0.1, 0.15) is 5.75 Å². The first-order valence-corrected chi connectivity index (χ1v) is 5.29. The first-order valence-electron chi connectivity index (χ1n) is 4.53. The number of carbonyl (C=O) groups is 1. The van der Waals surface area contributed by atoms with Crippen LogP contribution in [0.1, 0.15) is 10.4 Å². The van der Waals surface area contributed by atoms with Gasteiger partial charge in [-0.25, -0.2) is 0 Å². The zero-order valence-corrected chi connectivity index (χ0v) is 13.6. The Kier molecular flexibility index (Phi) is 12.3. The van der Waals surface area contributed by atoms with E-state index in [-0.39, 0.29) is 57.5 Å². The molecule has 0 saturated heterocycles. The summed E-state index contributed by atoms with van der Waals surface area (Å²) in [5.41, 5.74) is 4.55. The molecule has 0 unspecified atom stereocenters. The van der Waals surface area contributed by atoms with Crippen LogP contribution in [0.15, 0.2) is 12.1 Å². The average Bonchev–Trinajstić information content (AvgIpc) is 2.31. The number of aliphatic hydroxyl groups excluding tert-OH is 1. The molecule has 0 atom stereocenters. The smallest absolute Gasteiger partial charge is 0.545 e. The molecular weight excluding hydrogens is 292 g/mol. The van der Waals surface area contributed by atoms with Crippen molar-refractivity contribution >= 4 is 29.2 Å². The predicted molar refractivity (Wildman–Crippen MR) is 63.5 cm³/mol. The van der Waals surface area contributed by atoms with E-state index in [1.165, 1.54) is 19.2 Å². The van der Waals surface area contributed by atoms with E-state index < -0.39 is 5.97 Å². The molecule has 1 rings (SSSR count). The normalized spacial score (nSPS) is 8.72. The number of carboxylic acids is 1. The van der Waals surface area contributed by atoms with E-state index in [0.29, 0.717) is 6.54 Å². The number of carbonyl (C=O) groups excluding carboxylic acids is 1. The molecule has 0 aromatic heterocycles. The Morgan fingerprint density at radius 2 is 1.89 bits per heavy atom. The summed E-state index contributed by atoms with van der Waals surface area (Å²) in [5, 5.41) is 18.6.